The van der Waals surface area contributed by atoms with E-state index in [9.17, 15) is 14.0 Å². The van der Waals surface area contributed by atoms with Crippen LogP contribution in [0.4, 0.5) is 10.2 Å². The first-order valence-electron chi connectivity index (χ1n) is 7.51. The van der Waals surface area contributed by atoms with E-state index in [1.165, 1.54) is 16.9 Å². The van der Waals surface area contributed by atoms with Gasteiger partial charge in [0.25, 0.3) is 5.91 Å². The Morgan fingerprint density at radius 2 is 2.12 bits per heavy atom. The summed E-state index contributed by atoms with van der Waals surface area (Å²) < 4.78 is 20.2. The molecular weight excluding hydrogens is 315 g/mol. The van der Waals surface area contributed by atoms with E-state index in [1.54, 1.807) is 18.2 Å². The zero-order valence-corrected chi connectivity index (χ0v) is 12.8. The summed E-state index contributed by atoms with van der Waals surface area (Å²) in [4.78, 5) is 23.1. The molecule has 0 radical (unpaired) electrons. The Morgan fingerprint density at radius 1 is 1.38 bits per heavy atom. The van der Waals surface area contributed by atoms with Crippen LogP contribution in [0, 0.1) is 11.7 Å². The molecule has 1 aromatic carbocycles. The monoisotopic (exact) mass is 332 g/mol. The summed E-state index contributed by atoms with van der Waals surface area (Å²) >= 11 is 0. The van der Waals surface area contributed by atoms with Crippen molar-refractivity contribution in [2.45, 2.75) is 18.9 Å². The number of hydrogen-bond donors (Lipinski definition) is 2. The maximum Gasteiger partial charge on any atom is 0.309 e. The van der Waals surface area contributed by atoms with Crippen LogP contribution in [-0.2, 0) is 16.1 Å². The van der Waals surface area contributed by atoms with Crippen LogP contribution in [0.15, 0.2) is 30.5 Å². The molecule has 2 atom stereocenters. The van der Waals surface area contributed by atoms with E-state index >= 15 is 0 Å². The number of esters is 1. The second-order valence-corrected chi connectivity index (χ2v) is 5.67. The number of benzene rings is 1. The van der Waals surface area contributed by atoms with Crippen LogP contribution in [0.25, 0.3) is 0 Å². The van der Waals surface area contributed by atoms with Gasteiger partial charge in [0.1, 0.15) is 23.8 Å². The molecule has 1 amide bonds. The van der Waals surface area contributed by atoms with Gasteiger partial charge in [0.05, 0.1) is 18.7 Å². The zero-order chi connectivity index (χ0) is 17.3. The molecule has 1 aliphatic rings. The molecule has 126 valence electrons. The van der Waals surface area contributed by atoms with E-state index in [2.05, 4.69) is 5.10 Å². The number of halogens is 1. The van der Waals surface area contributed by atoms with Gasteiger partial charge in [-0.15, -0.1) is 0 Å². The van der Waals surface area contributed by atoms with Gasteiger partial charge in [0.15, 0.2) is 0 Å². The first kappa shape index (κ1) is 16.0. The number of aromatic nitrogens is 2. The third kappa shape index (κ3) is 3.08. The first-order valence-corrected chi connectivity index (χ1v) is 7.51. The molecule has 1 aliphatic carbocycles. The average molecular weight is 332 g/mol. The molecule has 0 bridgehead atoms. The van der Waals surface area contributed by atoms with Gasteiger partial charge in [-0.1, -0.05) is 18.2 Å². The maximum atomic E-state index is 13.7. The van der Waals surface area contributed by atoms with Crippen LogP contribution in [0.3, 0.4) is 0 Å². The number of anilines is 1. The highest BCUT2D eigenvalue weighted by Crippen LogP contribution is 2.48. The SMILES string of the molecule is NC(=O)c1cnn(CCOC(=O)[C@H]2C[C@H]2c2ccccc2F)c1N. The lowest BCUT2D eigenvalue weighted by Crippen LogP contribution is -2.17. The summed E-state index contributed by atoms with van der Waals surface area (Å²) in [7, 11) is 0. The van der Waals surface area contributed by atoms with Crippen LogP contribution in [0.1, 0.15) is 28.3 Å². The Morgan fingerprint density at radius 3 is 2.79 bits per heavy atom. The summed E-state index contributed by atoms with van der Waals surface area (Å²) in [6.07, 6.45) is 1.85. The number of carbonyl (C=O) groups is 2. The number of nitrogen functional groups attached to an aromatic ring is 1. The van der Waals surface area contributed by atoms with E-state index in [0.717, 1.165) is 0 Å². The lowest BCUT2D eigenvalue weighted by molar-refractivity contribution is -0.145. The number of nitrogens with two attached hydrogens (primary N) is 2. The van der Waals surface area contributed by atoms with Crippen LogP contribution in [0.2, 0.25) is 0 Å². The van der Waals surface area contributed by atoms with Gasteiger partial charge in [0.2, 0.25) is 0 Å². The third-order valence-electron chi connectivity index (χ3n) is 4.09. The van der Waals surface area contributed by atoms with E-state index < -0.39 is 5.91 Å². The van der Waals surface area contributed by atoms with Gasteiger partial charge in [0, 0.05) is 5.92 Å². The Balaban J connectivity index is 1.51. The van der Waals surface area contributed by atoms with Gasteiger partial charge < -0.3 is 16.2 Å². The Labute approximate surface area is 137 Å². The van der Waals surface area contributed by atoms with Crippen molar-refractivity contribution in [1.29, 1.82) is 0 Å². The van der Waals surface area contributed by atoms with E-state index in [-0.39, 0.29) is 48.2 Å². The largest absolute Gasteiger partial charge is 0.463 e. The molecule has 0 spiro atoms. The van der Waals surface area contributed by atoms with Crippen LogP contribution in [-0.4, -0.2) is 28.3 Å². The van der Waals surface area contributed by atoms with Crippen molar-refractivity contribution >= 4 is 17.7 Å². The van der Waals surface area contributed by atoms with Crippen molar-refractivity contribution in [3.63, 3.8) is 0 Å². The fourth-order valence-corrected chi connectivity index (χ4v) is 2.68. The van der Waals surface area contributed by atoms with Gasteiger partial charge in [-0.25, -0.2) is 9.07 Å². The molecule has 8 heteroatoms. The lowest BCUT2D eigenvalue weighted by Gasteiger charge is -2.07. The predicted molar refractivity (Wildman–Crippen MR) is 83.4 cm³/mol. The topological polar surface area (TPSA) is 113 Å². The summed E-state index contributed by atoms with van der Waals surface area (Å²) in [5.41, 5.74) is 11.5. The first-order chi connectivity index (χ1) is 11.5. The summed E-state index contributed by atoms with van der Waals surface area (Å²) in [5.74, 6) is -1.66. The third-order valence-corrected chi connectivity index (χ3v) is 4.09. The smallest absolute Gasteiger partial charge is 0.309 e. The molecule has 1 saturated carbocycles. The van der Waals surface area contributed by atoms with Crippen molar-refractivity contribution in [1.82, 2.24) is 9.78 Å². The van der Waals surface area contributed by atoms with Crippen LogP contribution >= 0.6 is 0 Å². The van der Waals surface area contributed by atoms with Crippen molar-refractivity contribution in [2.75, 3.05) is 12.3 Å². The zero-order valence-electron chi connectivity index (χ0n) is 12.8. The lowest BCUT2D eigenvalue weighted by atomic mass is 10.1. The molecule has 7 nitrogen and oxygen atoms in total. The molecule has 1 heterocycles. The fraction of sp³-hybridized carbons (Fsp3) is 0.312. The minimum atomic E-state index is -0.665. The Bertz CT molecular complexity index is 789. The summed E-state index contributed by atoms with van der Waals surface area (Å²) in [5, 5.41) is 3.92. The number of nitrogens with zero attached hydrogens (tertiary/aromatic N) is 2. The van der Waals surface area contributed by atoms with E-state index in [4.69, 9.17) is 16.2 Å². The molecule has 0 aliphatic heterocycles. The van der Waals surface area contributed by atoms with Crippen molar-refractivity contribution in [3.05, 3.63) is 47.4 Å². The fourth-order valence-electron chi connectivity index (χ4n) is 2.68. The Kier molecular flexibility index (Phi) is 4.20. The highest BCUT2D eigenvalue weighted by atomic mass is 19.1. The number of ether oxygens (including phenoxy) is 1. The van der Waals surface area contributed by atoms with Gasteiger partial charge in [-0.05, 0) is 18.1 Å². The molecule has 1 aromatic heterocycles. The molecule has 4 N–H and O–H groups in total. The summed E-state index contributed by atoms with van der Waals surface area (Å²) in [6, 6.07) is 6.43. The number of rotatable bonds is 6. The number of primary amides is 1. The van der Waals surface area contributed by atoms with E-state index in [1.807, 2.05) is 0 Å². The van der Waals surface area contributed by atoms with Gasteiger partial charge in [-0.3, -0.25) is 9.59 Å². The highest BCUT2D eigenvalue weighted by Gasteiger charge is 2.46. The molecule has 24 heavy (non-hydrogen) atoms. The van der Waals surface area contributed by atoms with E-state index in [0.29, 0.717) is 12.0 Å². The number of amides is 1. The van der Waals surface area contributed by atoms with Crippen molar-refractivity contribution < 1.29 is 18.7 Å². The number of hydrogen-bond acceptors (Lipinski definition) is 5. The molecular formula is C16H17FN4O3. The quantitative estimate of drug-likeness (QED) is 0.768. The predicted octanol–water partition coefficient (Wildman–Crippen LogP) is 1.05. The van der Waals surface area contributed by atoms with Crippen LogP contribution in [0.5, 0.6) is 0 Å². The summed E-state index contributed by atoms with van der Waals surface area (Å²) in [6.45, 7) is 0.269. The highest BCUT2D eigenvalue weighted by molar-refractivity contribution is 5.96. The molecule has 0 saturated heterocycles. The average Bonchev–Trinajstić information content (AvgIpc) is 3.25. The number of carbonyl (C=O) groups excluding carboxylic acids is 2. The van der Waals surface area contributed by atoms with Crippen molar-refractivity contribution in [2.24, 2.45) is 11.7 Å². The van der Waals surface area contributed by atoms with Crippen molar-refractivity contribution in [3.8, 4) is 0 Å². The minimum Gasteiger partial charge on any atom is -0.463 e. The van der Waals surface area contributed by atoms with Crippen LogP contribution < -0.4 is 11.5 Å². The second-order valence-electron chi connectivity index (χ2n) is 5.67. The normalized spacial score (nSPS) is 19.0. The minimum absolute atomic E-state index is 0.0589. The molecule has 3 rings (SSSR count). The maximum absolute atomic E-state index is 13.7. The standard InChI is InChI=1S/C16H17FN4O3/c17-13-4-2-1-3-9(13)10-7-11(10)16(23)24-6-5-21-14(18)12(8-20-21)15(19)22/h1-4,8,10-11H,5-7,18H2,(H2,19,22)/t10-,11-/m0/s1. The molecule has 0 unspecified atom stereocenters. The molecule has 2 aromatic rings. The Hall–Kier alpha value is -2.90. The second kappa shape index (κ2) is 6.31. The van der Waals surface area contributed by atoms with Gasteiger partial charge >= 0.3 is 5.97 Å². The molecule has 1 fully saturated rings. The van der Waals surface area contributed by atoms with Gasteiger partial charge in [-0.2, -0.15) is 5.10 Å².